The van der Waals surface area contributed by atoms with E-state index in [-0.39, 0.29) is 6.04 Å². The average molecular weight is 305 g/mol. The van der Waals surface area contributed by atoms with Crippen LogP contribution in [0.25, 0.3) is 0 Å². The predicted octanol–water partition coefficient (Wildman–Crippen LogP) is 4.70. The largest absolute Gasteiger partial charge is 0.356 e. The molecule has 0 bridgehead atoms. The van der Waals surface area contributed by atoms with Crippen LogP contribution in [0.1, 0.15) is 24.1 Å². The molecule has 0 fully saturated rings. The fourth-order valence-corrected chi connectivity index (χ4v) is 2.26. The lowest BCUT2D eigenvalue weighted by Gasteiger charge is -2.17. The highest BCUT2D eigenvalue weighted by Crippen LogP contribution is 2.15. The number of hydrogen-bond acceptors (Lipinski definition) is 1. The van der Waals surface area contributed by atoms with E-state index in [4.69, 9.17) is 23.8 Å². The SMILES string of the molecule is Cc1ccc([C@@H](C)NC(=S)Nc2ccc(Cl)cc2)cc1. The average Bonchev–Trinajstić information content (AvgIpc) is 2.42. The topological polar surface area (TPSA) is 24.1 Å². The highest BCUT2D eigenvalue weighted by atomic mass is 35.5. The first kappa shape index (κ1) is 14.8. The van der Waals surface area contributed by atoms with Crippen LogP contribution in [0.2, 0.25) is 5.02 Å². The molecule has 1 atom stereocenters. The van der Waals surface area contributed by atoms with Crippen molar-refractivity contribution in [2.75, 3.05) is 5.32 Å². The molecule has 2 N–H and O–H groups in total. The molecule has 0 radical (unpaired) electrons. The summed E-state index contributed by atoms with van der Waals surface area (Å²) in [6, 6.07) is 16.0. The fraction of sp³-hybridized carbons (Fsp3) is 0.188. The molecule has 0 amide bonds. The van der Waals surface area contributed by atoms with Crippen molar-refractivity contribution in [3.8, 4) is 0 Å². The van der Waals surface area contributed by atoms with Crippen LogP contribution in [-0.2, 0) is 0 Å². The maximum atomic E-state index is 5.85. The third-order valence-electron chi connectivity index (χ3n) is 3.03. The van der Waals surface area contributed by atoms with Crippen molar-refractivity contribution in [3.05, 3.63) is 64.7 Å². The van der Waals surface area contributed by atoms with Crippen molar-refractivity contribution in [2.24, 2.45) is 0 Å². The lowest BCUT2D eigenvalue weighted by atomic mass is 10.1. The van der Waals surface area contributed by atoms with E-state index in [0.717, 1.165) is 5.69 Å². The normalized spacial score (nSPS) is 11.8. The Bertz CT molecular complexity index is 578. The van der Waals surface area contributed by atoms with Gasteiger partial charge in [0.15, 0.2) is 5.11 Å². The summed E-state index contributed by atoms with van der Waals surface area (Å²) in [6.45, 7) is 4.16. The number of halogens is 1. The van der Waals surface area contributed by atoms with Gasteiger partial charge >= 0.3 is 0 Å². The lowest BCUT2D eigenvalue weighted by Crippen LogP contribution is -2.30. The van der Waals surface area contributed by atoms with E-state index in [0.29, 0.717) is 10.1 Å². The summed E-state index contributed by atoms with van der Waals surface area (Å²) in [4.78, 5) is 0. The van der Waals surface area contributed by atoms with Crippen molar-refractivity contribution in [1.82, 2.24) is 5.32 Å². The van der Waals surface area contributed by atoms with Gasteiger partial charge in [0.05, 0.1) is 6.04 Å². The molecule has 2 aromatic rings. The molecule has 2 nitrogen and oxygen atoms in total. The molecule has 0 aliphatic rings. The Morgan fingerprint density at radius 1 is 1.05 bits per heavy atom. The Morgan fingerprint density at radius 3 is 2.25 bits per heavy atom. The molecular formula is C16H17ClN2S. The molecule has 0 unspecified atom stereocenters. The van der Waals surface area contributed by atoms with Crippen LogP contribution in [0.5, 0.6) is 0 Å². The van der Waals surface area contributed by atoms with Crippen LogP contribution in [0, 0.1) is 6.92 Å². The van der Waals surface area contributed by atoms with Crippen LogP contribution in [0.4, 0.5) is 5.69 Å². The first-order valence-electron chi connectivity index (χ1n) is 6.44. The van der Waals surface area contributed by atoms with Gasteiger partial charge in [0, 0.05) is 10.7 Å². The van der Waals surface area contributed by atoms with E-state index in [1.807, 2.05) is 24.3 Å². The van der Waals surface area contributed by atoms with Gasteiger partial charge in [-0.1, -0.05) is 41.4 Å². The molecule has 0 aliphatic carbocycles. The molecule has 0 saturated carbocycles. The van der Waals surface area contributed by atoms with Gasteiger partial charge in [-0.2, -0.15) is 0 Å². The van der Waals surface area contributed by atoms with E-state index < -0.39 is 0 Å². The van der Waals surface area contributed by atoms with E-state index in [1.165, 1.54) is 11.1 Å². The van der Waals surface area contributed by atoms with Crippen LogP contribution in [0.15, 0.2) is 48.5 Å². The highest BCUT2D eigenvalue weighted by molar-refractivity contribution is 7.80. The monoisotopic (exact) mass is 304 g/mol. The van der Waals surface area contributed by atoms with E-state index in [1.54, 1.807) is 0 Å². The second kappa shape index (κ2) is 6.73. The zero-order valence-electron chi connectivity index (χ0n) is 11.5. The summed E-state index contributed by atoms with van der Waals surface area (Å²) < 4.78 is 0. The number of rotatable bonds is 3. The van der Waals surface area contributed by atoms with Gasteiger partial charge in [-0.25, -0.2) is 0 Å². The van der Waals surface area contributed by atoms with Gasteiger partial charge in [-0.15, -0.1) is 0 Å². The molecule has 0 aliphatic heterocycles. The minimum Gasteiger partial charge on any atom is -0.356 e. The number of thiocarbonyl (C=S) groups is 1. The Hall–Kier alpha value is -1.58. The molecule has 2 rings (SSSR count). The summed E-state index contributed by atoms with van der Waals surface area (Å²) >= 11 is 11.2. The number of nitrogens with one attached hydrogen (secondary N) is 2. The number of hydrogen-bond donors (Lipinski definition) is 2. The maximum absolute atomic E-state index is 5.85. The van der Waals surface area contributed by atoms with Crippen molar-refractivity contribution in [1.29, 1.82) is 0 Å². The molecular weight excluding hydrogens is 288 g/mol. The Kier molecular flexibility index (Phi) is 4.99. The molecule has 20 heavy (non-hydrogen) atoms. The minimum absolute atomic E-state index is 0.155. The molecule has 0 spiro atoms. The summed E-state index contributed by atoms with van der Waals surface area (Å²) in [7, 11) is 0. The first-order valence-corrected chi connectivity index (χ1v) is 7.23. The lowest BCUT2D eigenvalue weighted by molar-refractivity contribution is 0.722. The van der Waals surface area contributed by atoms with Crippen molar-refractivity contribution < 1.29 is 0 Å². The van der Waals surface area contributed by atoms with Crippen LogP contribution >= 0.6 is 23.8 Å². The molecule has 0 aromatic heterocycles. The second-order valence-corrected chi connectivity index (χ2v) is 5.58. The highest BCUT2D eigenvalue weighted by Gasteiger charge is 2.06. The van der Waals surface area contributed by atoms with Gasteiger partial charge in [-0.3, -0.25) is 0 Å². The standard InChI is InChI=1S/C16H17ClN2S/c1-11-3-5-13(6-4-11)12(2)18-16(20)19-15-9-7-14(17)8-10-15/h3-10,12H,1-2H3,(H2,18,19,20)/t12-/m1/s1. The minimum atomic E-state index is 0.155. The van der Waals surface area contributed by atoms with Gasteiger partial charge in [0.1, 0.15) is 0 Å². The Labute approximate surface area is 130 Å². The van der Waals surface area contributed by atoms with E-state index in [9.17, 15) is 0 Å². The zero-order valence-corrected chi connectivity index (χ0v) is 13.1. The Morgan fingerprint density at radius 2 is 1.65 bits per heavy atom. The summed E-state index contributed by atoms with van der Waals surface area (Å²) in [5.41, 5.74) is 3.38. The third-order valence-corrected chi connectivity index (χ3v) is 3.50. The van der Waals surface area contributed by atoms with Gasteiger partial charge in [0.25, 0.3) is 0 Å². The van der Waals surface area contributed by atoms with Crippen molar-refractivity contribution >= 4 is 34.6 Å². The maximum Gasteiger partial charge on any atom is 0.171 e. The van der Waals surface area contributed by atoms with Crippen molar-refractivity contribution in [2.45, 2.75) is 19.9 Å². The van der Waals surface area contributed by atoms with Crippen molar-refractivity contribution in [3.63, 3.8) is 0 Å². The number of anilines is 1. The Balaban J connectivity index is 1.93. The van der Waals surface area contributed by atoms with Crippen LogP contribution < -0.4 is 10.6 Å². The molecule has 0 heterocycles. The fourth-order valence-electron chi connectivity index (χ4n) is 1.84. The van der Waals surface area contributed by atoms with Gasteiger partial charge in [0.2, 0.25) is 0 Å². The number of aryl methyl sites for hydroxylation is 1. The van der Waals surface area contributed by atoms with E-state index in [2.05, 4.69) is 48.7 Å². The molecule has 2 aromatic carbocycles. The predicted molar refractivity (Wildman–Crippen MR) is 90.4 cm³/mol. The third kappa shape index (κ3) is 4.22. The van der Waals surface area contributed by atoms with Gasteiger partial charge < -0.3 is 10.6 Å². The first-order chi connectivity index (χ1) is 9.54. The number of benzene rings is 2. The summed E-state index contributed by atoms with van der Waals surface area (Å²) in [6.07, 6.45) is 0. The smallest absolute Gasteiger partial charge is 0.171 e. The molecule has 104 valence electrons. The quantitative estimate of drug-likeness (QED) is 0.804. The zero-order chi connectivity index (χ0) is 14.5. The summed E-state index contributed by atoms with van der Waals surface area (Å²) in [5, 5.41) is 7.72. The second-order valence-electron chi connectivity index (χ2n) is 4.74. The summed E-state index contributed by atoms with van der Waals surface area (Å²) in [5.74, 6) is 0. The van der Waals surface area contributed by atoms with Crippen LogP contribution in [0.3, 0.4) is 0 Å². The van der Waals surface area contributed by atoms with E-state index >= 15 is 0 Å². The van der Waals surface area contributed by atoms with Gasteiger partial charge in [-0.05, 0) is 55.9 Å². The molecule has 0 saturated heterocycles. The van der Waals surface area contributed by atoms with Crippen LogP contribution in [-0.4, -0.2) is 5.11 Å². The molecule has 4 heteroatoms.